The van der Waals surface area contributed by atoms with E-state index in [0.29, 0.717) is 5.56 Å². The predicted octanol–water partition coefficient (Wildman–Crippen LogP) is 2.80. The van der Waals surface area contributed by atoms with E-state index in [4.69, 9.17) is 9.84 Å². The molecule has 8 heteroatoms. The van der Waals surface area contributed by atoms with Gasteiger partial charge in [0, 0.05) is 0 Å². The summed E-state index contributed by atoms with van der Waals surface area (Å²) in [5.41, 5.74) is 0.602. The van der Waals surface area contributed by atoms with E-state index < -0.39 is 36.7 Å². The molecule has 0 bridgehead atoms. The summed E-state index contributed by atoms with van der Waals surface area (Å²) >= 11 is 0. The van der Waals surface area contributed by atoms with Crippen molar-refractivity contribution in [1.82, 2.24) is 4.90 Å². The predicted molar refractivity (Wildman–Crippen MR) is 69.0 cm³/mol. The third-order valence-corrected chi connectivity index (χ3v) is 3.46. The van der Waals surface area contributed by atoms with Gasteiger partial charge in [-0.2, -0.15) is 13.2 Å². The molecule has 2 atom stereocenters. The second kappa shape index (κ2) is 6.25. The van der Waals surface area contributed by atoms with E-state index in [1.165, 1.54) is 0 Å². The van der Waals surface area contributed by atoms with Gasteiger partial charge >= 0.3 is 18.2 Å². The zero-order valence-electron chi connectivity index (χ0n) is 11.4. The number of hydrogen-bond donors (Lipinski definition) is 1. The van der Waals surface area contributed by atoms with E-state index in [-0.39, 0.29) is 17.9 Å². The van der Waals surface area contributed by atoms with Crippen LogP contribution in [0.15, 0.2) is 30.3 Å². The lowest BCUT2D eigenvalue weighted by Crippen LogP contribution is -2.50. The van der Waals surface area contributed by atoms with Crippen LogP contribution in [0.5, 0.6) is 0 Å². The van der Waals surface area contributed by atoms with Crippen LogP contribution in [-0.2, 0) is 16.1 Å². The highest BCUT2D eigenvalue weighted by Crippen LogP contribution is 2.36. The number of carboxylic acid groups (broad SMARTS) is 1. The number of halogens is 3. The molecule has 1 N–H and O–H groups in total. The number of carbonyl (C=O) groups excluding carboxylic acids is 1. The average Bonchev–Trinajstić information content (AvgIpc) is 2.91. The van der Waals surface area contributed by atoms with Crippen molar-refractivity contribution >= 4 is 12.1 Å². The first-order valence-corrected chi connectivity index (χ1v) is 6.59. The summed E-state index contributed by atoms with van der Waals surface area (Å²) in [5, 5.41) is 8.98. The Hall–Kier alpha value is -2.25. The van der Waals surface area contributed by atoms with Crippen LogP contribution in [0.4, 0.5) is 18.0 Å². The number of hydrogen-bond acceptors (Lipinski definition) is 3. The summed E-state index contributed by atoms with van der Waals surface area (Å²) in [6.07, 6.45) is -6.65. The first kappa shape index (κ1) is 16.1. The van der Waals surface area contributed by atoms with Gasteiger partial charge < -0.3 is 9.84 Å². The third-order valence-electron chi connectivity index (χ3n) is 3.46. The maximum absolute atomic E-state index is 12.9. The van der Waals surface area contributed by atoms with Gasteiger partial charge in [-0.05, 0) is 18.4 Å². The van der Waals surface area contributed by atoms with E-state index in [2.05, 4.69) is 0 Å². The van der Waals surface area contributed by atoms with Crippen molar-refractivity contribution in [3.63, 3.8) is 0 Å². The van der Waals surface area contributed by atoms with Crippen LogP contribution in [0.3, 0.4) is 0 Å². The van der Waals surface area contributed by atoms with E-state index in [0.717, 1.165) is 0 Å². The van der Waals surface area contributed by atoms with Crippen LogP contribution < -0.4 is 0 Å². The van der Waals surface area contributed by atoms with Gasteiger partial charge in [0.15, 0.2) is 0 Å². The molecule has 1 aliphatic heterocycles. The highest BCUT2D eigenvalue weighted by Gasteiger charge is 2.54. The zero-order valence-corrected chi connectivity index (χ0v) is 11.4. The molecule has 1 aliphatic rings. The molecule has 1 heterocycles. The van der Waals surface area contributed by atoms with Gasteiger partial charge in [0.1, 0.15) is 18.7 Å². The summed E-state index contributed by atoms with van der Waals surface area (Å²) in [4.78, 5) is 23.3. The fourth-order valence-electron chi connectivity index (χ4n) is 2.42. The quantitative estimate of drug-likeness (QED) is 0.931. The number of likely N-dealkylation sites (tertiary alicyclic amines) is 1. The lowest BCUT2D eigenvalue weighted by molar-refractivity contribution is -0.177. The van der Waals surface area contributed by atoms with Crippen LogP contribution >= 0.6 is 0 Å². The Morgan fingerprint density at radius 2 is 1.86 bits per heavy atom. The molecule has 1 amide bonds. The molecule has 1 saturated heterocycles. The lowest BCUT2D eigenvalue weighted by Gasteiger charge is -2.28. The van der Waals surface area contributed by atoms with E-state index in [1.807, 2.05) is 0 Å². The first-order valence-electron chi connectivity index (χ1n) is 6.59. The van der Waals surface area contributed by atoms with Gasteiger partial charge in [0.2, 0.25) is 0 Å². The van der Waals surface area contributed by atoms with Gasteiger partial charge in [-0.15, -0.1) is 0 Å². The number of amides is 1. The number of benzene rings is 1. The molecule has 1 fully saturated rings. The molecule has 0 aromatic heterocycles. The zero-order chi connectivity index (χ0) is 16.3. The van der Waals surface area contributed by atoms with Crippen molar-refractivity contribution in [2.24, 2.45) is 0 Å². The number of carbonyl (C=O) groups is 2. The third kappa shape index (κ3) is 3.49. The highest BCUT2D eigenvalue weighted by atomic mass is 19.4. The fourth-order valence-corrected chi connectivity index (χ4v) is 2.42. The van der Waals surface area contributed by atoms with Gasteiger partial charge in [-0.25, -0.2) is 9.59 Å². The highest BCUT2D eigenvalue weighted by molar-refractivity contribution is 5.81. The molecule has 0 saturated carbocycles. The minimum atomic E-state index is -4.68. The Morgan fingerprint density at radius 3 is 2.41 bits per heavy atom. The van der Waals surface area contributed by atoms with Crippen molar-refractivity contribution in [2.45, 2.75) is 37.7 Å². The van der Waals surface area contributed by atoms with Crippen LogP contribution in [0, 0.1) is 0 Å². The molecule has 0 radical (unpaired) electrons. The van der Waals surface area contributed by atoms with Gasteiger partial charge in [0.05, 0.1) is 0 Å². The number of nitrogens with zero attached hydrogens (tertiary/aromatic N) is 1. The molecule has 2 rings (SSSR count). The molecule has 0 spiro atoms. The van der Waals surface area contributed by atoms with Crippen molar-refractivity contribution in [1.29, 1.82) is 0 Å². The van der Waals surface area contributed by atoms with Crippen LogP contribution in [0.2, 0.25) is 0 Å². The summed E-state index contributed by atoms with van der Waals surface area (Å²) in [7, 11) is 0. The van der Waals surface area contributed by atoms with Crippen LogP contribution in [0.1, 0.15) is 18.4 Å². The summed E-state index contributed by atoms with van der Waals surface area (Å²) in [5.74, 6) is -1.47. The molecule has 5 nitrogen and oxygen atoms in total. The summed E-state index contributed by atoms with van der Waals surface area (Å²) in [6.45, 7) is -0.215. The molecule has 1 aromatic carbocycles. The molecule has 120 valence electrons. The average molecular weight is 317 g/mol. The number of aliphatic carboxylic acids is 1. The Morgan fingerprint density at radius 1 is 1.23 bits per heavy atom. The molecule has 0 aliphatic carbocycles. The monoisotopic (exact) mass is 317 g/mol. The summed E-state index contributed by atoms with van der Waals surface area (Å²) in [6, 6.07) is 4.77. The largest absolute Gasteiger partial charge is 0.480 e. The smallest absolute Gasteiger partial charge is 0.411 e. The van der Waals surface area contributed by atoms with Crippen LogP contribution in [0.25, 0.3) is 0 Å². The molecule has 22 heavy (non-hydrogen) atoms. The van der Waals surface area contributed by atoms with Gasteiger partial charge in [0.25, 0.3) is 0 Å². The molecule has 0 unspecified atom stereocenters. The second-order valence-corrected chi connectivity index (χ2v) is 4.94. The van der Waals surface area contributed by atoms with E-state index in [9.17, 15) is 22.8 Å². The number of carboxylic acids is 1. The van der Waals surface area contributed by atoms with Crippen molar-refractivity contribution in [3.8, 4) is 0 Å². The minimum absolute atomic E-state index is 0.215. The lowest BCUT2D eigenvalue weighted by atomic mass is 10.2. The summed E-state index contributed by atoms with van der Waals surface area (Å²) < 4.78 is 43.6. The number of ether oxygens (including phenoxy) is 1. The normalized spacial score (nSPS) is 21.7. The fraction of sp³-hybridized carbons (Fsp3) is 0.429. The van der Waals surface area contributed by atoms with Gasteiger partial charge in [-0.1, -0.05) is 30.3 Å². The Balaban J connectivity index is 2.10. The molecule has 1 aromatic rings. The van der Waals surface area contributed by atoms with Crippen molar-refractivity contribution < 1.29 is 32.6 Å². The van der Waals surface area contributed by atoms with Crippen LogP contribution in [-0.4, -0.2) is 40.3 Å². The topological polar surface area (TPSA) is 66.8 Å². The molecular formula is C14H14F3NO4. The SMILES string of the molecule is O=C(O)[C@H]1CC[C@@H](C(F)(F)F)N1C(=O)OCc1ccccc1. The van der Waals surface area contributed by atoms with E-state index in [1.54, 1.807) is 30.3 Å². The standard InChI is InChI=1S/C14H14F3NO4/c15-14(16,17)11-7-6-10(12(19)20)18(11)13(21)22-8-9-4-2-1-3-5-9/h1-5,10-11H,6-8H2,(H,19,20)/t10-,11+/m1/s1. The number of rotatable bonds is 3. The maximum atomic E-state index is 12.9. The molecular weight excluding hydrogens is 303 g/mol. The Kier molecular flexibility index (Phi) is 4.58. The van der Waals surface area contributed by atoms with Crippen molar-refractivity contribution in [2.75, 3.05) is 0 Å². The minimum Gasteiger partial charge on any atom is -0.480 e. The second-order valence-electron chi connectivity index (χ2n) is 4.94. The first-order chi connectivity index (χ1) is 10.3. The maximum Gasteiger partial charge on any atom is 0.411 e. The van der Waals surface area contributed by atoms with E-state index >= 15 is 0 Å². The van der Waals surface area contributed by atoms with Gasteiger partial charge in [-0.3, -0.25) is 4.90 Å². The number of alkyl halides is 3. The Bertz CT molecular complexity index is 547. The van der Waals surface area contributed by atoms with Crippen molar-refractivity contribution in [3.05, 3.63) is 35.9 Å². The Labute approximate surface area is 124 Å².